The molecule has 0 aliphatic carbocycles. The van der Waals surface area contributed by atoms with Crippen LogP contribution in [0.25, 0.3) is 0 Å². The predicted octanol–water partition coefficient (Wildman–Crippen LogP) is 3.79. The van der Waals surface area contributed by atoms with Crippen molar-refractivity contribution in [3.8, 4) is 0 Å². The minimum Gasteiger partial charge on any atom is -0.369 e. The van der Waals surface area contributed by atoms with Gasteiger partial charge in [-0.2, -0.15) is 0 Å². The quantitative estimate of drug-likeness (QED) is 0.817. The fraction of sp³-hybridized carbons (Fsp3) is 0.333. The smallest absolute Gasteiger partial charge is 0.227 e. The van der Waals surface area contributed by atoms with Crippen molar-refractivity contribution in [3.63, 3.8) is 0 Å². The number of carbonyl (C=O) groups is 2. The lowest BCUT2D eigenvalue weighted by molar-refractivity contribution is -0.121. The third-order valence-electron chi connectivity index (χ3n) is 4.95. The van der Waals surface area contributed by atoms with Gasteiger partial charge in [-0.3, -0.25) is 9.59 Å². The highest BCUT2D eigenvalue weighted by molar-refractivity contribution is 7.99. The molecule has 0 radical (unpaired) electrons. The molecule has 0 fully saturated rings. The zero-order valence-corrected chi connectivity index (χ0v) is 16.0. The fourth-order valence-corrected chi connectivity index (χ4v) is 4.25. The maximum absolute atomic E-state index is 12.7. The highest BCUT2D eigenvalue weighted by Gasteiger charge is 2.30. The Hall–Kier alpha value is -2.27. The van der Waals surface area contributed by atoms with Crippen LogP contribution in [0, 0.1) is 13.8 Å². The lowest BCUT2D eigenvalue weighted by Crippen LogP contribution is -2.39. The summed E-state index contributed by atoms with van der Waals surface area (Å²) in [5.74, 6) is 0.200. The molecule has 2 N–H and O–H groups in total. The number of nitrogens with two attached hydrogens (primary N) is 1. The standard InChI is InChI=1S/C21H24N2O2S/c1-14-7-8-16(13-15(14)2)26-12-10-20(24)23-11-9-18(21(22)25)17-5-3-4-6-19(17)23/h3-8,13,18H,9-12H2,1-2H3,(H2,22,25)/t18-/m1/s1. The van der Waals surface area contributed by atoms with E-state index in [-0.39, 0.29) is 17.7 Å². The van der Waals surface area contributed by atoms with Crippen LogP contribution in [0.2, 0.25) is 0 Å². The first-order valence-corrected chi connectivity index (χ1v) is 9.84. The first kappa shape index (κ1) is 18.5. The summed E-state index contributed by atoms with van der Waals surface area (Å²) in [5, 5.41) is 0. The average Bonchev–Trinajstić information content (AvgIpc) is 2.63. The molecular formula is C21H24N2O2S. The van der Waals surface area contributed by atoms with E-state index < -0.39 is 0 Å². The molecule has 2 aromatic carbocycles. The first-order chi connectivity index (χ1) is 12.5. The van der Waals surface area contributed by atoms with Crippen LogP contribution in [-0.4, -0.2) is 24.1 Å². The van der Waals surface area contributed by atoms with Crippen molar-refractivity contribution < 1.29 is 9.59 Å². The summed E-state index contributed by atoms with van der Waals surface area (Å²) in [6.07, 6.45) is 1.05. The van der Waals surface area contributed by atoms with Crippen molar-refractivity contribution in [1.29, 1.82) is 0 Å². The van der Waals surface area contributed by atoms with Crippen molar-refractivity contribution in [2.75, 3.05) is 17.2 Å². The molecule has 1 heterocycles. The van der Waals surface area contributed by atoms with Gasteiger partial charge in [0, 0.05) is 29.3 Å². The molecule has 0 spiro atoms. The number of amides is 2. The molecule has 1 atom stereocenters. The molecule has 2 amide bonds. The molecule has 26 heavy (non-hydrogen) atoms. The topological polar surface area (TPSA) is 63.4 Å². The largest absolute Gasteiger partial charge is 0.369 e. The van der Waals surface area contributed by atoms with Crippen LogP contribution in [0.15, 0.2) is 47.4 Å². The second-order valence-corrected chi connectivity index (χ2v) is 7.86. The number of thioether (sulfide) groups is 1. The molecule has 4 nitrogen and oxygen atoms in total. The number of para-hydroxylation sites is 1. The van der Waals surface area contributed by atoms with Gasteiger partial charge in [0.1, 0.15) is 0 Å². The van der Waals surface area contributed by atoms with E-state index >= 15 is 0 Å². The van der Waals surface area contributed by atoms with Crippen LogP contribution in [-0.2, 0) is 9.59 Å². The van der Waals surface area contributed by atoms with Crippen LogP contribution in [0.4, 0.5) is 5.69 Å². The number of nitrogens with zero attached hydrogens (tertiary/aromatic N) is 1. The summed E-state index contributed by atoms with van der Waals surface area (Å²) < 4.78 is 0. The number of anilines is 1. The Labute approximate surface area is 158 Å². The summed E-state index contributed by atoms with van der Waals surface area (Å²) >= 11 is 1.70. The number of hydrogen-bond acceptors (Lipinski definition) is 3. The van der Waals surface area contributed by atoms with Crippen LogP contribution in [0.3, 0.4) is 0 Å². The van der Waals surface area contributed by atoms with Crippen molar-refractivity contribution in [2.45, 2.75) is 37.5 Å². The Morgan fingerprint density at radius 3 is 2.65 bits per heavy atom. The molecule has 136 valence electrons. The molecule has 1 aliphatic rings. The Bertz CT molecular complexity index is 835. The van der Waals surface area contributed by atoms with Gasteiger partial charge in [0.2, 0.25) is 11.8 Å². The van der Waals surface area contributed by atoms with E-state index in [1.807, 2.05) is 24.3 Å². The van der Waals surface area contributed by atoms with E-state index in [9.17, 15) is 9.59 Å². The molecule has 5 heteroatoms. The molecule has 3 rings (SSSR count). The highest BCUT2D eigenvalue weighted by atomic mass is 32.2. The molecule has 0 unspecified atom stereocenters. The summed E-state index contributed by atoms with van der Waals surface area (Å²) in [5.41, 5.74) is 9.76. The van der Waals surface area contributed by atoms with Crippen molar-refractivity contribution in [2.24, 2.45) is 5.73 Å². The van der Waals surface area contributed by atoms with Gasteiger partial charge >= 0.3 is 0 Å². The number of rotatable bonds is 5. The molecule has 1 aliphatic heterocycles. The number of hydrogen-bond donors (Lipinski definition) is 1. The van der Waals surface area contributed by atoms with Gasteiger partial charge < -0.3 is 10.6 Å². The zero-order valence-electron chi connectivity index (χ0n) is 15.2. The van der Waals surface area contributed by atoms with E-state index in [0.29, 0.717) is 19.4 Å². The maximum Gasteiger partial charge on any atom is 0.227 e. The summed E-state index contributed by atoms with van der Waals surface area (Å²) in [7, 11) is 0. The van der Waals surface area contributed by atoms with Gasteiger partial charge in [0.15, 0.2) is 0 Å². The summed E-state index contributed by atoms with van der Waals surface area (Å²) in [6.45, 7) is 4.74. The second-order valence-electron chi connectivity index (χ2n) is 6.69. The normalized spacial score (nSPS) is 16.2. The van der Waals surface area contributed by atoms with Gasteiger partial charge in [-0.05, 0) is 55.2 Å². The van der Waals surface area contributed by atoms with Gasteiger partial charge in [0.25, 0.3) is 0 Å². The summed E-state index contributed by atoms with van der Waals surface area (Å²) in [6, 6.07) is 14.0. The highest BCUT2D eigenvalue weighted by Crippen LogP contribution is 2.35. The second kappa shape index (κ2) is 7.96. The van der Waals surface area contributed by atoms with Gasteiger partial charge in [0.05, 0.1) is 5.92 Å². The third-order valence-corrected chi connectivity index (χ3v) is 5.95. The zero-order chi connectivity index (χ0) is 18.7. The number of aryl methyl sites for hydroxylation is 2. The Kier molecular flexibility index (Phi) is 5.67. The minimum atomic E-state index is -0.324. The van der Waals surface area contributed by atoms with Crippen molar-refractivity contribution >= 4 is 29.3 Å². The monoisotopic (exact) mass is 368 g/mol. The number of benzene rings is 2. The number of primary amides is 1. The number of fused-ring (bicyclic) bond motifs is 1. The molecule has 0 saturated carbocycles. The molecule has 2 aromatic rings. The molecule has 0 aromatic heterocycles. The van der Waals surface area contributed by atoms with Gasteiger partial charge in [-0.15, -0.1) is 11.8 Å². The first-order valence-electron chi connectivity index (χ1n) is 8.86. The van der Waals surface area contributed by atoms with Crippen molar-refractivity contribution in [3.05, 3.63) is 59.2 Å². The minimum absolute atomic E-state index is 0.0942. The number of carbonyl (C=O) groups excluding carboxylic acids is 2. The van der Waals surface area contributed by atoms with Gasteiger partial charge in [-0.1, -0.05) is 24.3 Å². The average molecular weight is 369 g/mol. The third kappa shape index (κ3) is 3.93. The fourth-order valence-electron chi connectivity index (χ4n) is 3.31. The molecular weight excluding hydrogens is 344 g/mol. The van der Waals surface area contributed by atoms with Gasteiger partial charge in [-0.25, -0.2) is 0 Å². The van der Waals surface area contributed by atoms with E-state index in [2.05, 4.69) is 32.0 Å². The molecule has 0 saturated heterocycles. The summed E-state index contributed by atoms with van der Waals surface area (Å²) in [4.78, 5) is 27.4. The maximum atomic E-state index is 12.7. The predicted molar refractivity (Wildman–Crippen MR) is 107 cm³/mol. The Morgan fingerprint density at radius 1 is 1.15 bits per heavy atom. The van der Waals surface area contributed by atoms with Crippen LogP contribution >= 0.6 is 11.8 Å². The lowest BCUT2D eigenvalue weighted by Gasteiger charge is -2.33. The lowest BCUT2D eigenvalue weighted by atomic mass is 9.89. The van der Waals surface area contributed by atoms with Crippen LogP contribution < -0.4 is 10.6 Å². The Balaban J connectivity index is 1.65. The SMILES string of the molecule is Cc1ccc(SCCC(=O)N2CC[C@@H](C(N)=O)c3ccccc32)cc1C. The van der Waals surface area contributed by atoms with E-state index in [1.165, 1.54) is 16.0 Å². The van der Waals surface area contributed by atoms with Crippen molar-refractivity contribution in [1.82, 2.24) is 0 Å². The van der Waals surface area contributed by atoms with E-state index in [1.54, 1.807) is 16.7 Å². The van der Waals surface area contributed by atoms with E-state index in [0.717, 1.165) is 17.0 Å². The van der Waals surface area contributed by atoms with Crippen LogP contribution in [0.5, 0.6) is 0 Å². The molecule has 0 bridgehead atoms. The van der Waals surface area contributed by atoms with Crippen LogP contribution in [0.1, 0.15) is 35.4 Å². The van der Waals surface area contributed by atoms with E-state index in [4.69, 9.17) is 5.73 Å². The Morgan fingerprint density at radius 2 is 1.92 bits per heavy atom.